The van der Waals surface area contributed by atoms with E-state index < -0.39 is 17.1 Å². The van der Waals surface area contributed by atoms with Crippen LogP contribution in [0.4, 0.5) is 13.2 Å². The molecule has 1 amide bonds. The predicted octanol–water partition coefficient (Wildman–Crippen LogP) is 4.66. The van der Waals surface area contributed by atoms with Crippen molar-refractivity contribution < 1.29 is 18.0 Å². The molecule has 0 atom stereocenters. The highest BCUT2D eigenvalue weighted by atomic mass is 32.1. The molecule has 0 radical (unpaired) electrons. The summed E-state index contributed by atoms with van der Waals surface area (Å²) in [6.07, 6.45) is 1.37. The van der Waals surface area contributed by atoms with Crippen molar-refractivity contribution in [3.05, 3.63) is 23.0 Å². The predicted molar refractivity (Wildman–Crippen MR) is 91.4 cm³/mol. The smallest absolute Gasteiger partial charge is 0.345 e. The molecule has 2 heterocycles. The third-order valence-electron chi connectivity index (χ3n) is 6.69. The Morgan fingerprint density at radius 2 is 1.85 bits per heavy atom. The number of alkyl halides is 3. The Kier molecular flexibility index (Phi) is 3.34. The van der Waals surface area contributed by atoms with Crippen molar-refractivity contribution in [2.24, 2.45) is 5.41 Å². The van der Waals surface area contributed by atoms with Crippen LogP contribution in [0.25, 0.3) is 4.96 Å². The molecule has 0 aliphatic heterocycles. The molecular weight excluding hydrogens is 363 g/mol. The summed E-state index contributed by atoms with van der Waals surface area (Å²) in [5.41, 5.74) is -0.598. The Hall–Kier alpha value is -1.57. The van der Waals surface area contributed by atoms with E-state index in [-0.39, 0.29) is 25.2 Å². The Bertz CT molecular complexity index is 855. The van der Waals surface area contributed by atoms with Crippen LogP contribution < -0.4 is 5.32 Å². The van der Waals surface area contributed by atoms with Crippen molar-refractivity contribution >= 4 is 22.2 Å². The summed E-state index contributed by atoms with van der Waals surface area (Å²) in [6.45, 7) is 0. The number of halogens is 3. The fraction of sp³-hybridized carbons (Fsp3) is 0.667. The van der Waals surface area contributed by atoms with Gasteiger partial charge in [0.25, 0.3) is 5.91 Å². The van der Waals surface area contributed by atoms with Crippen LogP contribution in [0.1, 0.15) is 73.5 Å². The van der Waals surface area contributed by atoms with Gasteiger partial charge in [-0.3, -0.25) is 9.20 Å². The number of rotatable bonds is 3. The van der Waals surface area contributed by atoms with Crippen LogP contribution in [-0.2, 0) is 0 Å². The van der Waals surface area contributed by atoms with Crippen LogP contribution in [0.2, 0.25) is 0 Å². The molecule has 4 nitrogen and oxygen atoms in total. The number of thiazole rings is 1. The van der Waals surface area contributed by atoms with Crippen LogP contribution in [0, 0.1) is 5.41 Å². The SMILES string of the molecule is O=C(NC12CCC(C(F)(F)F)(CC1)CC2)c1c(C2CC2)nc2sccn12. The first-order valence-corrected chi connectivity index (χ1v) is 10.1. The van der Waals surface area contributed by atoms with E-state index in [0.29, 0.717) is 30.9 Å². The molecule has 4 fully saturated rings. The molecule has 140 valence electrons. The number of aromatic nitrogens is 2. The number of fused-ring (bicyclic) bond motifs is 4. The van der Waals surface area contributed by atoms with Crippen LogP contribution >= 0.6 is 11.3 Å². The number of hydrogen-bond donors (Lipinski definition) is 1. The van der Waals surface area contributed by atoms with E-state index in [1.807, 2.05) is 16.0 Å². The third-order valence-corrected chi connectivity index (χ3v) is 7.45. The number of carbonyl (C=O) groups is 1. The van der Waals surface area contributed by atoms with Gasteiger partial charge in [0.2, 0.25) is 0 Å². The molecule has 0 unspecified atom stereocenters. The average molecular weight is 383 g/mol. The summed E-state index contributed by atoms with van der Waals surface area (Å²) in [4.78, 5) is 18.5. The van der Waals surface area contributed by atoms with Crippen LogP contribution in [0.15, 0.2) is 11.6 Å². The molecule has 2 bridgehead atoms. The lowest BCUT2D eigenvalue weighted by Gasteiger charge is -2.53. The molecule has 6 rings (SSSR count). The number of nitrogens with zero attached hydrogens (tertiary/aromatic N) is 2. The van der Waals surface area contributed by atoms with Crippen molar-refractivity contribution in [2.75, 3.05) is 0 Å². The molecule has 26 heavy (non-hydrogen) atoms. The fourth-order valence-electron chi connectivity index (χ4n) is 4.77. The fourth-order valence-corrected chi connectivity index (χ4v) is 5.49. The van der Waals surface area contributed by atoms with Gasteiger partial charge >= 0.3 is 6.18 Å². The molecular formula is C18H20F3N3OS. The summed E-state index contributed by atoms with van der Waals surface area (Å²) in [7, 11) is 0. The van der Waals surface area contributed by atoms with E-state index in [1.54, 1.807) is 0 Å². The Morgan fingerprint density at radius 3 is 2.42 bits per heavy atom. The van der Waals surface area contributed by atoms with E-state index in [2.05, 4.69) is 10.3 Å². The Labute approximate surface area is 152 Å². The van der Waals surface area contributed by atoms with Crippen LogP contribution in [-0.4, -0.2) is 27.0 Å². The van der Waals surface area contributed by atoms with Gasteiger partial charge in [0.05, 0.1) is 11.1 Å². The van der Waals surface area contributed by atoms with Gasteiger partial charge in [-0.1, -0.05) is 0 Å². The largest absolute Gasteiger partial charge is 0.394 e. The summed E-state index contributed by atoms with van der Waals surface area (Å²) in [5.74, 6) is 0.162. The number of nitrogens with one attached hydrogen (secondary N) is 1. The van der Waals surface area contributed by atoms with Crippen molar-refractivity contribution in [1.82, 2.24) is 14.7 Å². The highest BCUT2D eigenvalue weighted by molar-refractivity contribution is 7.15. The van der Waals surface area contributed by atoms with Gasteiger partial charge in [0.1, 0.15) is 5.69 Å². The quantitative estimate of drug-likeness (QED) is 0.838. The molecule has 0 saturated heterocycles. The lowest BCUT2D eigenvalue weighted by atomic mass is 9.57. The molecule has 4 aliphatic rings. The van der Waals surface area contributed by atoms with E-state index in [1.165, 1.54) is 11.3 Å². The van der Waals surface area contributed by atoms with E-state index >= 15 is 0 Å². The number of imidazole rings is 1. The molecule has 0 aromatic carbocycles. The van der Waals surface area contributed by atoms with E-state index in [9.17, 15) is 18.0 Å². The van der Waals surface area contributed by atoms with Crippen LogP contribution in [0.5, 0.6) is 0 Å². The molecule has 2 aromatic heterocycles. The second kappa shape index (κ2) is 5.24. The third kappa shape index (κ3) is 2.33. The minimum atomic E-state index is -4.14. The maximum Gasteiger partial charge on any atom is 0.394 e. The first kappa shape index (κ1) is 16.6. The molecule has 4 saturated carbocycles. The van der Waals surface area contributed by atoms with Gasteiger partial charge in [-0.2, -0.15) is 13.2 Å². The maximum absolute atomic E-state index is 13.4. The number of carbonyl (C=O) groups excluding carboxylic acids is 1. The number of amides is 1. The summed E-state index contributed by atoms with van der Waals surface area (Å²) < 4.78 is 42.1. The van der Waals surface area contributed by atoms with Gasteiger partial charge in [-0.15, -0.1) is 11.3 Å². The standard InChI is InChI=1S/C18H20F3N3OS/c19-18(20,21)16-3-6-17(7-4-16,8-5-16)23-14(25)13-12(11-1-2-11)22-15-24(13)9-10-26-15/h9-11H,1-8H2,(H,23,25). The number of hydrogen-bond acceptors (Lipinski definition) is 3. The monoisotopic (exact) mass is 383 g/mol. The van der Waals surface area contributed by atoms with Crippen molar-refractivity contribution in [1.29, 1.82) is 0 Å². The van der Waals surface area contributed by atoms with E-state index in [4.69, 9.17) is 0 Å². The summed E-state index contributed by atoms with van der Waals surface area (Å²) in [6, 6.07) is 0. The minimum absolute atomic E-state index is 0.118. The molecule has 4 aliphatic carbocycles. The topological polar surface area (TPSA) is 46.4 Å². The van der Waals surface area contributed by atoms with Crippen molar-refractivity contribution in [2.45, 2.75) is 69.0 Å². The van der Waals surface area contributed by atoms with Crippen LogP contribution in [0.3, 0.4) is 0 Å². The highest BCUT2D eigenvalue weighted by Gasteiger charge is 2.61. The summed E-state index contributed by atoms with van der Waals surface area (Å²) >= 11 is 1.49. The Balaban J connectivity index is 1.41. The van der Waals surface area contributed by atoms with Gasteiger partial charge in [-0.05, 0) is 51.4 Å². The van der Waals surface area contributed by atoms with Crippen molar-refractivity contribution in [3.63, 3.8) is 0 Å². The zero-order chi connectivity index (χ0) is 18.2. The van der Waals surface area contributed by atoms with Gasteiger partial charge < -0.3 is 5.32 Å². The molecule has 0 spiro atoms. The first-order chi connectivity index (χ1) is 12.3. The van der Waals surface area contributed by atoms with E-state index in [0.717, 1.165) is 23.5 Å². The van der Waals surface area contributed by atoms with Crippen molar-refractivity contribution in [3.8, 4) is 0 Å². The Morgan fingerprint density at radius 1 is 1.19 bits per heavy atom. The minimum Gasteiger partial charge on any atom is -0.345 e. The molecule has 8 heteroatoms. The zero-order valence-electron chi connectivity index (χ0n) is 14.2. The molecule has 1 N–H and O–H groups in total. The summed E-state index contributed by atoms with van der Waals surface area (Å²) in [5, 5.41) is 5.03. The maximum atomic E-state index is 13.4. The second-order valence-corrected chi connectivity index (χ2v) is 9.06. The van der Waals surface area contributed by atoms with Gasteiger partial charge in [-0.25, -0.2) is 4.98 Å². The lowest BCUT2D eigenvalue weighted by molar-refractivity contribution is -0.253. The lowest BCUT2D eigenvalue weighted by Crippen LogP contribution is -2.59. The van der Waals surface area contributed by atoms with Gasteiger partial charge in [0, 0.05) is 23.0 Å². The first-order valence-electron chi connectivity index (χ1n) is 9.17. The van der Waals surface area contributed by atoms with Gasteiger partial charge in [0.15, 0.2) is 4.96 Å². The second-order valence-electron chi connectivity index (χ2n) is 8.19. The normalized spacial score (nSPS) is 31.5. The highest BCUT2D eigenvalue weighted by Crippen LogP contribution is 2.59. The average Bonchev–Trinajstić information content (AvgIpc) is 3.23. The molecule has 2 aromatic rings. The zero-order valence-corrected chi connectivity index (χ0v) is 15.1.